The molecule has 1 aromatic carbocycles. The van der Waals surface area contributed by atoms with Crippen LogP contribution in [0.3, 0.4) is 0 Å². The monoisotopic (exact) mass is 277 g/mol. The molecule has 0 saturated heterocycles. The molecule has 3 N–H and O–H groups in total. The van der Waals surface area contributed by atoms with Gasteiger partial charge in [-0.05, 0) is 28.1 Å². The van der Waals surface area contributed by atoms with Gasteiger partial charge in [-0.2, -0.15) is 0 Å². The van der Waals surface area contributed by atoms with Crippen molar-refractivity contribution >= 4 is 21.9 Å². The third-order valence-electron chi connectivity index (χ3n) is 1.63. The molecule has 0 saturated carbocycles. The standard InChI is InChI=1S/C9H9BrFNO3/c10-6-2-1-5(11)3-8(6)15-4-7(12)9(13)14/h1-3,7H,4,12H2,(H,13,14)/t7-/m0/s1. The van der Waals surface area contributed by atoms with E-state index in [2.05, 4.69) is 15.9 Å². The van der Waals surface area contributed by atoms with Crippen LogP contribution in [-0.4, -0.2) is 23.7 Å². The minimum absolute atomic E-state index is 0.211. The summed E-state index contributed by atoms with van der Waals surface area (Å²) in [5, 5.41) is 8.49. The molecule has 0 spiro atoms. The molecule has 1 atom stereocenters. The zero-order valence-electron chi connectivity index (χ0n) is 7.61. The lowest BCUT2D eigenvalue weighted by Gasteiger charge is -2.10. The van der Waals surface area contributed by atoms with Crippen molar-refractivity contribution in [3.8, 4) is 5.75 Å². The van der Waals surface area contributed by atoms with E-state index in [9.17, 15) is 9.18 Å². The lowest BCUT2D eigenvalue weighted by molar-refractivity contribution is -0.139. The summed E-state index contributed by atoms with van der Waals surface area (Å²) in [4.78, 5) is 10.4. The number of carboxylic acid groups (broad SMARTS) is 1. The van der Waals surface area contributed by atoms with Gasteiger partial charge in [-0.15, -0.1) is 0 Å². The molecule has 0 bridgehead atoms. The van der Waals surface area contributed by atoms with Crippen LogP contribution in [0.25, 0.3) is 0 Å². The molecular formula is C9H9BrFNO3. The molecular weight excluding hydrogens is 269 g/mol. The fourth-order valence-corrected chi connectivity index (χ4v) is 1.20. The Morgan fingerprint density at radius 3 is 2.93 bits per heavy atom. The highest BCUT2D eigenvalue weighted by molar-refractivity contribution is 9.10. The zero-order chi connectivity index (χ0) is 11.4. The second kappa shape index (κ2) is 5.09. The molecule has 15 heavy (non-hydrogen) atoms. The van der Waals surface area contributed by atoms with Crippen LogP contribution in [0.1, 0.15) is 0 Å². The lowest BCUT2D eigenvalue weighted by Crippen LogP contribution is -2.36. The normalized spacial score (nSPS) is 12.2. The largest absolute Gasteiger partial charge is 0.490 e. The van der Waals surface area contributed by atoms with Crippen molar-refractivity contribution in [2.45, 2.75) is 6.04 Å². The Morgan fingerprint density at radius 1 is 1.67 bits per heavy atom. The van der Waals surface area contributed by atoms with Gasteiger partial charge in [-0.3, -0.25) is 4.79 Å². The van der Waals surface area contributed by atoms with E-state index in [0.717, 1.165) is 6.07 Å². The first-order chi connectivity index (χ1) is 7.00. The Kier molecular flexibility index (Phi) is 4.05. The molecule has 0 radical (unpaired) electrons. The van der Waals surface area contributed by atoms with E-state index in [0.29, 0.717) is 4.47 Å². The number of nitrogens with two attached hydrogens (primary N) is 1. The molecule has 0 amide bonds. The van der Waals surface area contributed by atoms with Crippen molar-refractivity contribution in [1.82, 2.24) is 0 Å². The molecule has 0 aromatic heterocycles. The van der Waals surface area contributed by atoms with Gasteiger partial charge in [0.1, 0.15) is 24.2 Å². The first-order valence-electron chi connectivity index (χ1n) is 4.07. The summed E-state index contributed by atoms with van der Waals surface area (Å²) in [6.07, 6.45) is 0. The highest BCUT2D eigenvalue weighted by Gasteiger charge is 2.13. The number of rotatable bonds is 4. The molecule has 0 aliphatic rings. The Hall–Kier alpha value is -1.14. The highest BCUT2D eigenvalue weighted by atomic mass is 79.9. The number of carbonyl (C=O) groups is 1. The average molecular weight is 278 g/mol. The van der Waals surface area contributed by atoms with Crippen molar-refractivity contribution in [2.75, 3.05) is 6.61 Å². The minimum atomic E-state index is -1.16. The van der Waals surface area contributed by atoms with Crippen molar-refractivity contribution < 1.29 is 19.0 Å². The van der Waals surface area contributed by atoms with Crippen LogP contribution in [-0.2, 0) is 4.79 Å². The van der Waals surface area contributed by atoms with Gasteiger partial charge in [-0.25, -0.2) is 4.39 Å². The number of hydrogen-bond acceptors (Lipinski definition) is 3. The number of benzene rings is 1. The summed E-state index contributed by atoms with van der Waals surface area (Å²) in [7, 11) is 0. The van der Waals surface area contributed by atoms with Gasteiger partial charge in [0.2, 0.25) is 0 Å². The van der Waals surface area contributed by atoms with Gasteiger partial charge in [0.15, 0.2) is 0 Å². The summed E-state index contributed by atoms with van der Waals surface area (Å²) in [5.74, 6) is -1.40. The predicted molar refractivity (Wildman–Crippen MR) is 55.2 cm³/mol. The summed E-state index contributed by atoms with van der Waals surface area (Å²) in [6, 6.07) is 2.75. The molecule has 6 heteroatoms. The smallest absolute Gasteiger partial charge is 0.324 e. The number of halogens is 2. The SMILES string of the molecule is N[C@@H](COc1cc(F)ccc1Br)C(=O)O. The zero-order valence-corrected chi connectivity index (χ0v) is 9.20. The average Bonchev–Trinajstić information content (AvgIpc) is 2.18. The van der Waals surface area contributed by atoms with Gasteiger partial charge in [0, 0.05) is 6.07 Å². The Bertz CT molecular complexity index is 372. The molecule has 0 aliphatic carbocycles. The van der Waals surface area contributed by atoms with E-state index in [-0.39, 0.29) is 12.4 Å². The van der Waals surface area contributed by atoms with Crippen LogP contribution in [0, 0.1) is 5.82 Å². The number of ether oxygens (including phenoxy) is 1. The van der Waals surface area contributed by atoms with E-state index in [1.165, 1.54) is 12.1 Å². The molecule has 0 fully saturated rings. The van der Waals surface area contributed by atoms with Crippen LogP contribution in [0.5, 0.6) is 5.75 Å². The first-order valence-corrected chi connectivity index (χ1v) is 4.86. The molecule has 0 heterocycles. The second-order valence-corrected chi connectivity index (χ2v) is 3.68. The van der Waals surface area contributed by atoms with Crippen LogP contribution in [0.4, 0.5) is 4.39 Å². The van der Waals surface area contributed by atoms with E-state index < -0.39 is 17.8 Å². The van der Waals surface area contributed by atoms with Crippen LogP contribution in [0.15, 0.2) is 22.7 Å². The fourth-order valence-electron chi connectivity index (χ4n) is 0.839. The van der Waals surface area contributed by atoms with Crippen LogP contribution < -0.4 is 10.5 Å². The maximum absolute atomic E-state index is 12.8. The Balaban J connectivity index is 2.65. The van der Waals surface area contributed by atoms with Crippen molar-refractivity contribution in [1.29, 1.82) is 0 Å². The van der Waals surface area contributed by atoms with E-state index in [1.807, 2.05) is 0 Å². The van der Waals surface area contributed by atoms with Gasteiger partial charge >= 0.3 is 5.97 Å². The van der Waals surface area contributed by atoms with Crippen LogP contribution >= 0.6 is 15.9 Å². The summed E-state index contributed by atoms with van der Waals surface area (Å²) in [5.41, 5.74) is 5.22. The number of aliphatic carboxylic acids is 1. The third-order valence-corrected chi connectivity index (χ3v) is 2.28. The predicted octanol–water partition coefficient (Wildman–Crippen LogP) is 1.38. The molecule has 4 nitrogen and oxygen atoms in total. The molecule has 1 aromatic rings. The highest BCUT2D eigenvalue weighted by Crippen LogP contribution is 2.25. The maximum atomic E-state index is 12.8. The van der Waals surface area contributed by atoms with E-state index in [1.54, 1.807) is 0 Å². The van der Waals surface area contributed by atoms with Crippen molar-refractivity contribution in [3.63, 3.8) is 0 Å². The Labute approximate surface area is 94.0 Å². The molecule has 0 aliphatic heterocycles. The van der Waals surface area contributed by atoms with Crippen molar-refractivity contribution in [3.05, 3.63) is 28.5 Å². The van der Waals surface area contributed by atoms with Crippen molar-refractivity contribution in [2.24, 2.45) is 5.73 Å². The Morgan fingerprint density at radius 2 is 2.33 bits per heavy atom. The minimum Gasteiger partial charge on any atom is -0.490 e. The second-order valence-electron chi connectivity index (χ2n) is 2.83. The van der Waals surface area contributed by atoms with Gasteiger partial charge < -0.3 is 15.6 Å². The molecule has 0 unspecified atom stereocenters. The van der Waals surface area contributed by atoms with E-state index in [4.69, 9.17) is 15.6 Å². The quantitative estimate of drug-likeness (QED) is 0.872. The number of carboxylic acids is 1. The summed E-state index contributed by atoms with van der Waals surface area (Å²) >= 11 is 3.14. The van der Waals surface area contributed by atoms with E-state index >= 15 is 0 Å². The molecule has 1 rings (SSSR count). The van der Waals surface area contributed by atoms with Gasteiger partial charge in [-0.1, -0.05) is 0 Å². The fraction of sp³-hybridized carbons (Fsp3) is 0.222. The third kappa shape index (κ3) is 3.49. The molecule has 82 valence electrons. The van der Waals surface area contributed by atoms with Gasteiger partial charge in [0.25, 0.3) is 0 Å². The lowest BCUT2D eigenvalue weighted by atomic mass is 10.3. The first kappa shape index (κ1) is 11.9. The summed E-state index contributed by atoms with van der Waals surface area (Å²) in [6.45, 7) is -0.211. The maximum Gasteiger partial charge on any atom is 0.324 e. The topological polar surface area (TPSA) is 72.5 Å². The number of hydrogen-bond donors (Lipinski definition) is 2. The van der Waals surface area contributed by atoms with Gasteiger partial charge in [0.05, 0.1) is 4.47 Å². The summed E-state index contributed by atoms with van der Waals surface area (Å²) < 4.78 is 18.4. The van der Waals surface area contributed by atoms with Crippen LogP contribution in [0.2, 0.25) is 0 Å².